The number of carbonyl (C=O) groups excluding carboxylic acids is 2. The number of sulfonamides is 1. The van der Waals surface area contributed by atoms with E-state index in [2.05, 4.69) is 10.0 Å². The Balaban J connectivity index is 1.45. The van der Waals surface area contributed by atoms with E-state index in [9.17, 15) is 18.0 Å². The Kier molecular flexibility index (Phi) is 6.65. The van der Waals surface area contributed by atoms with Crippen molar-refractivity contribution in [2.75, 3.05) is 23.4 Å². The topological polar surface area (TPSA) is 120 Å². The second-order valence-corrected chi connectivity index (χ2v) is 9.69. The van der Waals surface area contributed by atoms with Gasteiger partial charge in [0.15, 0.2) is 18.1 Å². The molecule has 0 saturated carbocycles. The number of nitrogens with one attached hydrogen (secondary N) is 2. The Morgan fingerprint density at radius 1 is 0.943 bits per heavy atom. The Hall–Kier alpha value is -4.05. The number of para-hydroxylation sites is 1. The summed E-state index contributed by atoms with van der Waals surface area (Å²) in [6, 6.07) is 14.5. The first-order chi connectivity index (χ1) is 16.6. The third kappa shape index (κ3) is 5.38. The molecule has 0 saturated heterocycles. The Labute approximate surface area is 203 Å². The summed E-state index contributed by atoms with van der Waals surface area (Å²) in [4.78, 5) is 25.1. The largest absolute Gasteiger partial charge is 0.454 e. The number of hydrogen-bond donors (Lipinski definition) is 2. The van der Waals surface area contributed by atoms with Crippen molar-refractivity contribution in [3.8, 4) is 11.5 Å². The van der Waals surface area contributed by atoms with Gasteiger partial charge in [-0.1, -0.05) is 29.8 Å². The van der Waals surface area contributed by atoms with E-state index in [0.29, 0.717) is 28.3 Å². The summed E-state index contributed by atoms with van der Waals surface area (Å²) in [7, 11) is -3.98. The lowest BCUT2D eigenvalue weighted by molar-refractivity contribution is -0.119. The van der Waals surface area contributed by atoms with Crippen molar-refractivity contribution in [3.05, 3.63) is 76.9 Å². The molecular weight excluding hydrogens is 472 g/mol. The third-order valence-electron chi connectivity index (χ3n) is 5.26. The maximum atomic E-state index is 13.1. The van der Waals surface area contributed by atoms with Crippen LogP contribution in [0.4, 0.5) is 11.4 Å². The summed E-state index contributed by atoms with van der Waals surface area (Å²) in [6.07, 6.45) is 0. The van der Waals surface area contributed by atoms with Crippen LogP contribution in [0.3, 0.4) is 0 Å². The predicted molar refractivity (Wildman–Crippen MR) is 129 cm³/mol. The normalized spacial score (nSPS) is 12.2. The van der Waals surface area contributed by atoms with Crippen molar-refractivity contribution in [3.63, 3.8) is 0 Å². The van der Waals surface area contributed by atoms with Crippen LogP contribution in [0.15, 0.2) is 59.5 Å². The van der Waals surface area contributed by atoms with Gasteiger partial charge in [0.05, 0.1) is 16.1 Å². The SMILES string of the molecule is Cc1cc(C)c(S(=O)(=O)Nc2ccccc2C(=O)OCC(=O)Nc2ccc3c(c2)OCO3)c(C)c1. The highest BCUT2D eigenvalue weighted by Crippen LogP contribution is 2.34. The average Bonchev–Trinajstić information content (AvgIpc) is 3.24. The van der Waals surface area contributed by atoms with Crippen molar-refractivity contribution in [2.45, 2.75) is 25.7 Å². The molecule has 4 rings (SSSR count). The molecule has 0 atom stereocenters. The average molecular weight is 497 g/mol. The molecule has 2 N–H and O–H groups in total. The first kappa shape index (κ1) is 24.1. The summed E-state index contributed by atoms with van der Waals surface area (Å²) in [5.74, 6) is -0.341. The number of fused-ring (bicyclic) bond motifs is 1. The molecule has 1 aliphatic heterocycles. The molecule has 0 fully saturated rings. The molecule has 1 heterocycles. The van der Waals surface area contributed by atoms with Crippen molar-refractivity contribution < 1.29 is 32.2 Å². The highest BCUT2D eigenvalue weighted by Gasteiger charge is 2.23. The standard InChI is InChI=1S/C25H24N2O7S/c1-15-10-16(2)24(17(3)11-15)35(30,31)27-20-7-5-4-6-19(20)25(29)32-13-23(28)26-18-8-9-21-22(12-18)34-14-33-21/h4-12,27H,13-14H2,1-3H3,(H,26,28). The van der Waals surface area contributed by atoms with E-state index in [1.807, 2.05) is 6.92 Å². The summed E-state index contributed by atoms with van der Waals surface area (Å²) in [6.45, 7) is 4.86. The number of amides is 1. The van der Waals surface area contributed by atoms with Gasteiger partial charge in [0, 0.05) is 11.8 Å². The lowest BCUT2D eigenvalue weighted by atomic mass is 10.1. The molecule has 182 valence electrons. The van der Waals surface area contributed by atoms with Gasteiger partial charge in [0.2, 0.25) is 6.79 Å². The van der Waals surface area contributed by atoms with E-state index in [1.54, 1.807) is 56.3 Å². The van der Waals surface area contributed by atoms with Gasteiger partial charge in [-0.25, -0.2) is 13.2 Å². The van der Waals surface area contributed by atoms with Crippen LogP contribution < -0.4 is 19.5 Å². The molecule has 1 aliphatic rings. The van der Waals surface area contributed by atoms with E-state index >= 15 is 0 Å². The second-order valence-electron chi connectivity index (χ2n) is 8.07. The highest BCUT2D eigenvalue weighted by molar-refractivity contribution is 7.92. The predicted octanol–water partition coefficient (Wildman–Crippen LogP) is 3.94. The number of hydrogen-bond acceptors (Lipinski definition) is 7. The van der Waals surface area contributed by atoms with Gasteiger partial charge < -0.3 is 19.5 Å². The number of benzene rings is 3. The van der Waals surface area contributed by atoms with Crippen molar-refractivity contribution in [1.82, 2.24) is 0 Å². The van der Waals surface area contributed by atoms with Gasteiger partial charge in [-0.15, -0.1) is 0 Å². The first-order valence-corrected chi connectivity index (χ1v) is 12.2. The smallest absolute Gasteiger partial charge is 0.340 e. The molecule has 3 aromatic carbocycles. The van der Waals surface area contributed by atoms with Crippen LogP contribution in [0, 0.1) is 20.8 Å². The minimum Gasteiger partial charge on any atom is -0.454 e. The van der Waals surface area contributed by atoms with Crippen LogP contribution in [-0.2, 0) is 19.6 Å². The number of aryl methyl sites for hydroxylation is 3. The molecule has 9 nitrogen and oxygen atoms in total. The highest BCUT2D eigenvalue weighted by atomic mass is 32.2. The van der Waals surface area contributed by atoms with Gasteiger partial charge in [-0.05, 0) is 56.2 Å². The monoisotopic (exact) mass is 496 g/mol. The summed E-state index contributed by atoms with van der Waals surface area (Å²) < 4.78 is 44.4. The zero-order valence-corrected chi connectivity index (χ0v) is 20.2. The maximum absolute atomic E-state index is 13.1. The number of anilines is 2. The fraction of sp³-hybridized carbons (Fsp3) is 0.200. The van der Waals surface area contributed by atoms with Crippen molar-refractivity contribution >= 4 is 33.3 Å². The van der Waals surface area contributed by atoms with Crippen molar-refractivity contribution in [2.24, 2.45) is 0 Å². The van der Waals surface area contributed by atoms with Crippen LogP contribution in [0.5, 0.6) is 11.5 Å². The van der Waals surface area contributed by atoms with E-state index in [-0.39, 0.29) is 22.9 Å². The molecule has 10 heteroatoms. The van der Waals surface area contributed by atoms with E-state index < -0.39 is 28.5 Å². The molecule has 0 bridgehead atoms. The van der Waals surface area contributed by atoms with Crippen LogP contribution in [0.25, 0.3) is 0 Å². The second kappa shape index (κ2) is 9.67. The first-order valence-electron chi connectivity index (χ1n) is 10.7. The molecule has 0 aliphatic carbocycles. The molecule has 0 aromatic heterocycles. The zero-order valence-electron chi connectivity index (χ0n) is 19.4. The molecule has 1 amide bonds. The van der Waals surface area contributed by atoms with E-state index in [1.165, 1.54) is 12.1 Å². The van der Waals surface area contributed by atoms with E-state index in [4.69, 9.17) is 14.2 Å². The number of rotatable bonds is 7. The lowest BCUT2D eigenvalue weighted by Gasteiger charge is -2.16. The Bertz CT molecular complexity index is 1390. The van der Waals surface area contributed by atoms with Gasteiger partial charge in [-0.2, -0.15) is 0 Å². The van der Waals surface area contributed by atoms with E-state index in [0.717, 1.165) is 5.56 Å². The maximum Gasteiger partial charge on any atom is 0.340 e. The number of carbonyl (C=O) groups is 2. The number of ether oxygens (including phenoxy) is 3. The van der Waals surface area contributed by atoms with Gasteiger partial charge in [-0.3, -0.25) is 9.52 Å². The minimum atomic E-state index is -3.98. The fourth-order valence-corrected chi connectivity index (χ4v) is 5.45. The van der Waals surface area contributed by atoms with Crippen LogP contribution in [0.1, 0.15) is 27.0 Å². The van der Waals surface area contributed by atoms with Crippen LogP contribution in [0.2, 0.25) is 0 Å². The molecule has 0 spiro atoms. The molecule has 35 heavy (non-hydrogen) atoms. The molecular formula is C25H24N2O7S. The minimum absolute atomic E-state index is 0.0191. The third-order valence-corrected chi connectivity index (χ3v) is 6.93. The Morgan fingerprint density at radius 3 is 2.37 bits per heavy atom. The quantitative estimate of drug-likeness (QED) is 0.476. The van der Waals surface area contributed by atoms with Crippen LogP contribution >= 0.6 is 0 Å². The van der Waals surface area contributed by atoms with Gasteiger partial charge >= 0.3 is 5.97 Å². The lowest BCUT2D eigenvalue weighted by Crippen LogP contribution is -2.22. The van der Waals surface area contributed by atoms with Gasteiger partial charge in [0.25, 0.3) is 15.9 Å². The molecule has 0 radical (unpaired) electrons. The van der Waals surface area contributed by atoms with Crippen LogP contribution in [-0.4, -0.2) is 33.7 Å². The fourth-order valence-electron chi connectivity index (χ4n) is 3.92. The van der Waals surface area contributed by atoms with Crippen molar-refractivity contribution in [1.29, 1.82) is 0 Å². The van der Waals surface area contributed by atoms with Gasteiger partial charge in [0.1, 0.15) is 0 Å². The Morgan fingerprint density at radius 2 is 1.63 bits per heavy atom. The summed E-state index contributed by atoms with van der Waals surface area (Å²) >= 11 is 0. The molecule has 0 unspecified atom stereocenters. The summed E-state index contributed by atoms with van der Waals surface area (Å²) in [5.41, 5.74) is 2.61. The number of esters is 1. The molecule has 3 aromatic rings. The summed E-state index contributed by atoms with van der Waals surface area (Å²) in [5, 5.41) is 2.61. The zero-order chi connectivity index (χ0) is 25.2.